The van der Waals surface area contributed by atoms with Gasteiger partial charge in [-0.1, -0.05) is 6.07 Å². The van der Waals surface area contributed by atoms with Crippen molar-refractivity contribution in [1.82, 2.24) is 4.90 Å². The summed E-state index contributed by atoms with van der Waals surface area (Å²) in [6.45, 7) is 1.61. The minimum atomic E-state index is -0.114. The second-order valence-corrected chi connectivity index (χ2v) is 4.98. The number of hydrogen-bond acceptors (Lipinski definition) is 5. The molecule has 1 heterocycles. The number of ether oxygens (including phenoxy) is 2. The van der Waals surface area contributed by atoms with Crippen LogP contribution in [0.1, 0.15) is 5.56 Å². The Balaban J connectivity index is 1.89. The highest BCUT2D eigenvalue weighted by Crippen LogP contribution is 2.16. The maximum absolute atomic E-state index is 12.0. The maximum Gasteiger partial charge on any atom is 0.238 e. The molecule has 0 aliphatic carbocycles. The highest BCUT2D eigenvalue weighted by atomic mass is 16.5. The Morgan fingerprint density at radius 1 is 1.38 bits per heavy atom. The molecule has 1 N–H and O–H groups in total. The smallest absolute Gasteiger partial charge is 0.238 e. The summed E-state index contributed by atoms with van der Waals surface area (Å²) < 4.78 is 10.7. The second-order valence-electron chi connectivity index (χ2n) is 4.98. The number of methoxy groups -OCH3 is 2. The van der Waals surface area contributed by atoms with Gasteiger partial charge in [0.2, 0.25) is 5.91 Å². The number of benzene rings is 1. The topological polar surface area (TPSA) is 74.6 Å². The van der Waals surface area contributed by atoms with E-state index in [1.165, 1.54) is 0 Å². The average Bonchev–Trinajstić information content (AvgIpc) is 2.89. The van der Waals surface area contributed by atoms with Crippen molar-refractivity contribution >= 4 is 11.6 Å². The number of hydrogen-bond donors (Lipinski definition) is 1. The fourth-order valence-electron chi connectivity index (χ4n) is 2.47. The molecular formula is C15H19N3O3. The van der Waals surface area contributed by atoms with Crippen LogP contribution in [0, 0.1) is 11.3 Å². The molecule has 6 nitrogen and oxygen atoms in total. The Morgan fingerprint density at radius 3 is 2.62 bits per heavy atom. The summed E-state index contributed by atoms with van der Waals surface area (Å²) in [7, 11) is 3.29. The Kier molecular flexibility index (Phi) is 5.28. The van der Waals surface area contributed by atoms with Crippen LogP contribution in [0.2, 0.25) is 0 Å². The van der Waals surface area contributed by atoms with Crippen molar-refractivity contribution < 1.29 is 14.3 Å². The Morgan fingerprint density at radius 2 is 2.05 bits per heavy atom. The number of amides is 1. The summed E-state index contributed by atoms with van der Waals surface area (Å²) in [4.78, 5) is 14.0. The lowest BCUT2D eigenvalue weighted by atomic mass is 10.2. The minimum Gasteiger partial charge on any atom is -0.377 e. The first-order chi connectivity index (χ1) is 10.2. The zero-order chi connectivity index (χ0) is 15.2. The van der Waals surface area contributed by atoms with Crippen molar-refractivity contribution in [3.05, 3.63) is 29.8 Å². The van der Waals surface area contributed by atoms with Crippen LogP contribution in [0.15, 0.2) is 24.3 Å². The monoisotopic (exact) mass is 289 g/mol. The molecule has 1 saturated heterocycles. The summed E-state index contributed by atoms with van der Waals surface area (Å²) in [5.74, 6) is -0.114. The first-order valence-corrected chi connectivity index (χ1v) is 6.74. The summed E-state index contributed by atoms with van der Waals surface area (Å²) in [6.07, 6.45) is -0.0190. The number of nitriles is 1. The third-order valence-electron chi connectivity index (χ3n) is 3.54. The van der Waals surface area contributed by atoms with Crippen LogP contribution in [0.4, 0.5) is 5.69 Å². The number of rotatable bonds is 5. The average molecular weight is 289 g/mol. The number of likely N-dealkylation sites (tertiary alicyclic amines) is 1. The molecule has 2 atom stereocenters. The highest BCUT2D eigenvalue weighted by molar-refractivity contribution is 5.92. The molecular weight excluding hydrogens is 270 g/mol. The Bertz CT molecular complexity index is 529. The molecule has 2 unspecified atom stereocenters. The lowest BCUT2D eigenvalue weighted by Crippen LogP contribution is -2.32. The van der Waals surface area contributed by atoms with Crippen LogP contribution in [0.25, 0.3) is 0 Å². The summed E-state index contributed by atoms with van der Waals surface area (Å²) >= 11 is 0. The molecule has 1 fully saturated rings. The lowest BCUT2D eigenvalue weighted by molar-refractivity contribution is -0.117. The van der Waals surface area contributed by atoms with Crippen molar-refractivity contribution in [1.29, 1.82) is 5.26 Å². The van der Waals surface area contributed by atoms with Gasteiger partial charge >= 0.3 is 0 Å². The van der Waals surface area contributed by atoms with E-state index in [1.807, 2.05) is 11.0 Å². The van der Waals surface area contributed by atoms with Gasteiger partial charge in [-0.15, -0.1) is 0 Å². The minimum absolute atomic E-state index is 0.00952. The van der Waals surface area contributed by atoms with E-state index in [-0.39, 0.29) is 24.7 Å². The normalized spacial score (nSPS) is 22.0. The molecule has 0 spiro atoms. The van der Waals surface area contributed by atoms with Gasteiger partial charge in [0.05, 0.1) is 30.4 Å². The largest absolute Gasteiger partial charge is 0.377 e. The molecule has 1 amide bonds. The number of carbonyl (C=O) groups excluding carboxylic acids is 1. The van der Waals surface area contributed by atoms with E-state index >= 15 is 0 Å². The number of nitrogens with one attached hydrogen (secondary N) is 1. The zero-order valence-electron chi connectivity index (χ0n) is 12.2. The van der Waals surface area contributed by atoms with E-state index in [2.05, 4.69) is 5.32 Å². The van der Waals surface area contributed by atoms with Gasteiger partial charge in [0.25, 0.3) is 0 Å². The van der Waals surface area contributed by atoms with Crippen molar-refractivity contribution in [3.8, 4) is 6.07 Å². The molecule has 1 aromatic carbocycles. The predicted molar refractivity (Wildman–Crippen MR) is 77.8 cm³/mol. The molecule has 1 aromatic rings. The Hall–Kier alpha value is -1.94. The van der Waals surface area contributed by atoms with E-state index in [1.54, 1.807) is 38.5 Å². The molecule has 0 aromatic heterocycles. The molecule has 6 heteroatoms. The van der Waals surface area contributed by atoms with Crippen LogP contribution >= 0.6 is 0 Å². The molecule has 2 rings (SSSR count). The standard InChI is InChI=1S/C15H19N3O3/c1-20-13-8-18(9-14(13)21-2)10-15(19)17-12-5-3-4-11(6-12)7-16/h3-6,13-14H,8-10H2,1-2H3,(H,17,19). The molecule has 1 aliphatic rings. The van der Waals surface area contributed by atoms with Crippen molar-refractivity contribution in [3.63, 3.8) is 0 Å². The van der Waals surface area contributed by atoms with Gasteiger partial charge in [-0.2, -0.15) is 5.26 Å². The van der Waals surface area contributed by atoms with Gasteiger partial charge in [0, 0.05) is 33.0 Å². The Labute approximate surface area is 124 Å². The molecule has 112 valence electrons. The van der Waals surface area contributed by atoms with E-state index in [9.17, 15) is 4.79 Å². The fraction of sp³-hybridized carbons (Fsp3) is 0.467. The first kappa shape index (κ1) is 15.4. The fourth-order valence-corrected chi connectivity index (χ4v) is 2.47. The van der Waals surface area contributed by atoms with E-state index < -0.39 is 0 Å². The molecule has 21 heavy (non-hydrogen) atoms. The van der Waals surface area contributed by atoms with Gasteiger partial charge < -0.3 is 14.8 Å². The number of nitrogens with zero attached hydrogens (tertiary/aromatic N) is 2. The SMILES string of the molecule is COC1CN(CC(=O)Nc2cccc(C#N)c2)CC1OC. The van der Waals surface area contributed by atoms with Gasteiger partial charge in [-0.25, -0.2) is 0 Å². The van der Waals surface area contributed by atoms with Gasteiger partial charge in [-0.05, 0) is 18.2 Å². The molecule has 0 radical (unpaired) electrons. The van der Waals surface area contributed by atoms with Crippen LogP contribution in [0.3, 0.4) is 0 Å². The highest BCUT2D eigenvalue weighted by Gasteiger charge is 2.33. The first-order valence-electron chi connectivity index (χ1n) is 6.74. The van der Waals surface area contributed by atoms with E-state index in [0.29, 0.717) is 24.3 Å². The van der Waals surface area contributed by atoms with Gasteiger partial charge in [-0.3, -0.25) is 9.69 Å². The van der Waals surface area contributed by atoms with Crippen molar-refractivity contribution in [2.45, 2.75) is 12.2 Å². The van der Waals surface area contributed by atoms with E-state index in [0.717, 1.165) is 0 Å². The summed E-state index contributed by atoms with van der Waals surface area (Å²) in [5.41, 5.74) is 1.15. The quantitative estimate of drug-likeness (QED) is 0.869. The lowest BCUT2D eigenvalue weighted by Gasteiger charge is -2.14. The zero-order valence-corrected chi connectivity index (χ0v) is 12.2. The van der Waals surface area contributed by atoms with E-state index in [4.69, 9.17) is 14.7 Å². The van der Waals surface area contributed by atoms with Crippen molar-refractivity contribution in [2.24, 2.45) is 0 Å². The van der Waals surface area contributed by atoms with Crippen molar-refractivity contribution in [2.75, 3.05) is 39.2 Å². The van der Waals surface area contributed by atoms with Gasteiger partial charge in [0.1, 0.15) is 0 Å². The van der Waals surface area contributed by atoms with Crippen LogP contribution in [-0.4, -0.2) is 56.9 Å². The number of anilines is 1. The van der Waals surface area contributed by atoms with Gasteiger partial charge in [0.15, 0.2) is 0 Å². The predicted octanol–water partition coefficient (Wildman–Crippen LogP) is 0.842. The van der Waals surface area contributed by atoms with Crippen LogP contribution < -0.4 is 5.32 Å². The van der Waals surface area contributed by atoms with Crippen LogP contribution in [-0.2, 0) is 14.3 Å². The third-order valence-corrected chi connectivity index (χ3v) is 3.54. The molecule has 0 saturated carbocycles. The molecule has 1 aliphatic heterocycles. The summed E-state index contributed by atoms with van der Waals surface area (Å²) in [5, 5.41) is 11.6. The third kappa shape index (κ3) is 4.02. The second kappa shape index (κ2) is 7.18. The summed E-state index contributed by atoms with van der Waals surface area (Å²) in [6, 6.07) is 8.90. The maximum atomic E-state index is 12.0. The van der Waals surface area contributed by atoms with Crippen LogP contribution in [0.5, 0.6) is 0 Å². The number of carbonyl (C=O) groups is 1. The molecule has 0 bridgehead atoms.